The van der Waals surface area contributed by atoms with Crippen LogP contribution in [0.25, 0.3) is 0 Å². The van der Waals surface area contributed by atoms with Gasteiger partial charge >= 0.3 is 0 Å². The topological polar surface area (TPSA) is 80.8 Å². The number of nitrogens with zero attached hydrogens (tertiary/aromatic N) is 2. The number of nitrogens with one attached hydrogen (secondary N) is 1. The van der Waals surface area contributed by atoms with Crippen molar-refractivity contribution in [1.29, 1.82) is 0 Å². The normalized spacial score (nSPS) is 14.3. The number of hydrogen-bond donors (Lipinski definition) is 1. The molecule has 2 aromatic rings. The molecule has 1 aromatic heterocycles. The molecule has 2 amide bonds. The van der Waals surface area contributed by atoms with Crippen molar-refractivity contribution < 1.29 is 19.1 Å². The number of methoxy groups -OCH3 is 1. The number of hydrogen-bond acceptors (Lipinski definition) is 6. The predicted octanol–water partition coefficient (Wildman–Crippen LogP) is 2.86. The number of benzene rings is 1. The van der Waals surface area contributed by atoms with Crippen molar-refractivity contribution in [3.05, 3.63) is 48.2 Å². The highest BCUT2D eigenvalue weighted by atomic mass is 32.2. The first kappa shape index (κ1) is 22.0. The molecule has 1 aliphatic rings. The summed E-state index contributed by atoms with van der Waals surface area (Å²) < 4.78 is 10.7. The van der Waals surface area contributed by atoms with Crippen molar-refractivity contribution in [3.8, 4) is 11.5 Å². The Kier molecular flexibility index (Phi) is 7.96. The van der Waals surface area contributed by atoms with E-state index in [0.29, 0.717) is 42.6 Å². The van der Waals surface area contributed by atoms with Gasteiger partial charge in [-0.15, -0.1) is 11.8 Å². The maximum absolute atomic E-state index is 12.8. The Morgan fingerprint density at radius 3 is 2.70 bits per heavy atom. The zero-order chi connectivity index (χ0) is 21.3. The molecule has 0 unspecified atom stereocenters. The van der Waals surface area contributed by atoms with Crippen molar-refractivity contribution in [2.45, 2.75) is 17.9 Å². The summed E-state index contributed by atoms with van der Waals surface area (Å²) in [4.78, 5) is 31.0. The monoisotopic (exact) mass is 429 g/mol. The number of pyridine rings is 1. The minimum Gasteiger partial charge on any atom is -0.497 e. The number of ether oxygens (including phenoxy) is 2. The molecular weight excluding hydrogens is 402 g/mol. The molecule has 30 heavy (non-hydrogen) atoms. The number of thioether (sulfide) groups is 1. The summed E-state index contributed by atoms with van der Waals surface area (Å²) in [5.41, 5.74) is 0.659. The summed E-state index contributed by atoms with van der Waals surface area (Å²) in [6.45, 7) is 1.92. The molecule has 1 saturated heterocycles. The average Bonchev–Trinajstić information content (AvgIpc) is 2.81. The van der Waals surface area contributed by atoms with Crippen molar-refractivity contribution in [2.24, 2.45) is 5.92 Å². The van der Waals surface area contributed by atoms with Gasteiger partial charge in [0, 0.05) is 31.9 Å². The van der Waals surface area contributed by atoms with E-state index in [2.05, 4.69) is 10.3 Å². The summed E-state index contributed by atoms with van der Waals surface area (Å²) in [5.74, 6) is 1.50. The van der Waals surface area contributed by atoms with Crippen LogP contribution in [0.2, 0.25) is 0 Å². The van der Waals surface area contributed by atoms with E-state index in [4.69, 9.17) is 9.47 Å². The first-order valence-electron chi connectivity index (χ1n) is 9.92. The van der Waals surface area contributed by atoms with Gasteiger partial charge in [-0.25, -0.2) is 4.98 Å². The van der Waals surface area contributed by atoms with Gasteiger partial charge in [0.1, 0.15) is 16.5 Å². The highest BCUT2D eigenvalue weighted by molar-refractivity contribution is 7.98. The lowest BCUT2D eigenvalue weighted by molar-refractivity contribution is -0.123. The number of rotatable bonds is 8. The van der Waals surface area contributed by atoms with Gasteiger partial charge in [-0.2, -0.15) is 0 Å². The molecule has 7 nitrogen and oxygen atoms in total. The van der Waals surface area contributed by atoms with Crippen LogP contribution >= 0.6 is 11.8 Å². The van der Waals surface area contributed by atoms with Gasteiger partial charge in [-0.3, -0.25) is 9.59 Å². The second-order valence-electron chi connectivity index (χ2n) is 7.07. The zero-order valence-electron chi connectivity index (χ0n) is 17.3. The molecule has 0 radical (unpaired) electrons. The molecule has 160 valence electrons. The van der Waals surface area contributed by atoms with Gasteiger partial charge in [0.15, 0.2) is 6.61 Å². The SMILES string of the molecule is COc1cccc(OCC(=O)NCC2CCN(C(=O)c3cccnc3SC)CC2)c1. The van der Waals surface area contributed by atoms with Crippen LogP contribution in [0.15, 0.2) is 47.6 Å². The standard InChI is InChI=1S/C22H27N3O4S/c1-28-17-5-3-6-18(13-17)29-15-20(26)24-14-16-8-11-25(12-9-16)22(27)19-7-4-10-23-21(19)30-2/h3-7,10,13,16H,8-9,11-12,14-15H2,1-2H3,(H,24,26). The molecule has 1 aromatic carbocycles. The minimum absolute atomic E-state index is 0.0293. The molecule has 0 aliphatic carbocycles. The smallest absolute Gasteiger partial charge is 0.257 e. The van der Waals surface area contributed by atoms with Crippen molar-refractivity contribution in [2.75, 3.05) is 39.6 Å². The second kappa shape index (κ2) is 10.9. The largest absolute Gasteiger partial charge is 0.497 e. The van der Waals surface area contributed by atoms with Crippen LogP contribution in [-0.2, 0) is 4.79 Å². The van der Waals surface area contributed by atoms with Crippen LogP contribution in [0.4, 0.5) is 0 Å². The summed E-state index contributed by atoms with van der Waals surface area (Å²) in [6.07, 6.45) is 5.34. The number of likely N-dealkylation sites (tertiary alicyclic amines) is 1. The number of carbonyl (C=O) groups excluding carboxylic acids is 2. The van der Waals surface area contributed by atoms with E-state index in [1.807, 2.05) is 29.4 Å². The molecular formula is C22H27N3O4S. The number of amides is 2. The Balaban J connectivity index is 1.40. The van der Waals surface area contributed by atoms with Crippen molar-refractivity contribution >= 4 is 23.6 Å². The molecule has 3 rings (SSSR count). The van der Waals surface area contributed by atoms with Gasteiger partial charge in [0.2, 0.25) is 0 Å². The van der Waals surface area contributed by atoms with Crippen LogP contribution in [0.1, 0.15) is 23.2 Å². The van der Waals surface area contributed by atoms with Gasteiger partial charge in [-0.05, 0) is 49.3 Å². The van der Waals surface area contributed by atoms with E-state index in [-0.39, 0.29) is 18.4 Å². The molecule has 1 N–H and O–H groups in total. The summed E-state index contributed by atoms with van der Waals surface area (Å²) in [6, 6.07) is 10.8. The highest BCUT2D eigenvalue weighted by Gasteiger charge is 2.25. The van der Waals surface area contributed by atoms with Gasteiger partial charge in [0.05, 0.1) is 12.7 Å². The molecule has 0 spiro atoms. The summed E-state index contributed by atoms with van der Waals surface area (Å²) in [5, 5.41) is 3.69. The Labute approximate surface area is 181 Å². The van der Waals surface area contributed by atoms with E-state index >= 15 is 0 Å². The summed E-state index contributed by atoms with van der Waals surface area (Å²) >= 11 is 1.48. The van der Waals surface area contributed by atoms with E-state index in [1.165, 1.54) is 11.8 Å². The molecule has 1 fully saturated rings. The first-order valence-corrected chi connectivity index (χ1v) is 11.1. The summed E-state index contributed by atoms with van der Waals surface area (Å²) in [7, 11) is 1.59. The Morgan fingerprint density at radius 1 is 1.20 bits per heavy atom. The molecule has 0 bridgehead atoms. The Morgan fingerprint density at radius 2 is 1.97 bits per heavy atom. The van der Waals surface area contributed by atoms with Crippen LogP contribution in [0.3, 0.4) is 0 Å². The molecule has 2 heterocycles. The zero-order valence-corrected chi connectivity index (χ0v) is 18.1. The maximum Gasteiger partial charge on any atom is 0.257 e. The molecule has 0 saturated carbocycles. The molecule has 0 atom stereocenters. The number of piperidine rings is 1. The Hall–Kier alpha value is -2.74. The van der Waals surface area contributed by atoms with Gasteiger partial charge in [0.25, 0.3) is 11.8 Å². The third-order valence-corrected chi connectivity index (χ3v) is 5.81. The van der Waals surface area contributed by atoms with Crippen LogP contribution in [0.5, 0.6) is 11.5 Å². The fourth-order valence-corrected chi connectivity index (χ4v) is 3.92. The van der Waals surface area contributed by atoms with Crippen LogP contribution in [-0.4, -0.2) is 61.3 Å². The lowest BCUT2D eigenvalue weighted by atomic mass is 9.96. The lowest BCUT2D eigenvalue weighted by Crippen LogP contribution is -2.42. The van der Waals surface area contributed by atoms with E-state index in [1.54, 1.807) is 31.5 Å². The van der Waals surface area contributed by atoms with E-state index in [0.717, 1.165) is 17.9 Å². The van der Waals surface area contributed by atoms with Crippen molar-refractivity contribution in [3.63, 3.8) is 0 Å². The lowest BCUT2D eigenvalue weighted by Gasteiger charge is -2.32. The minimum atomic E-state index is -0.156. The maximum atomic E-state index is 12.8. The second-order valence-corrected chi connectivity index (χ2v) is 7.86. The predicted molar refractivity (Wildman–Crippen MR) is 116 cm³/mol. The molecule has 1 aliphatic heterocycles. The van der Waals surface area contributed by atoms with Crippen LogP contribution in [0, 0.1) is 5.92 Å². The fourth-order valence-electron chi connectivity index (χ4n) is 3.38. The van der Waals surface area contributed by atoms with Gasteiger partial charge in [-0.1, -0.05) is 6.07 Å². The van der Waals surface area contributed by atoms with Crippen molar-refractivity contribution in [1.82, 2.24) is 15.2 Å². The van der Waals surface area contributed by atoms with E-state index in [9.17, 15) is 9.59 Å². The number of aromatic nitrogens is 1. The first-order chi connectivity index (χ1) is 14.6. The van der Waals surface area contributed by atoms with Gasteiger partial charge < -0.3 is 19.7 Å². The number of carbonyl (C=O) groups is 2. The average molecular weight is 430 g/mol. The molecule has 8 heteroatoms. The third-order valence-electron chi connectivity index (χ3n) is 5.10. The van der Waals surface area contributed by atoms with Crippen LogP contribution < -0.4 is 14.8 Å². The quantitative estimate of drug-likeness (QED) is 0.650. The Bertz CT molecular complexity index is 869. The van der Waals surface area contributed by atoms with E-state index < -0.39 is 0 Å². The fraction of sp³-hybridized carbons (Fsp3) is 0.409. The highest BCUT2D eigenvalue weighted by Crippen LogP contribution is 2.23. The third kappa shape index (κ3) is 5.89.